The summed E-state index contributed by atoms with van der Waals surface area (Å²) in [4.78, 5) is 27.4. The third-order valence-corrected chi connectivity index (χ3v) is 3.76. The van der Waals surface area contributed by atoms with Gasteiger partial charge in [0.15, 0.2) is 6.10 Å². The average Bonchev–Trinajstić information content (AvgIpc) is 3.01. The van der Waals surface area contributed by atoms with Crippen LogP contribution in [0.4, 0.5) is 9.18 Å². The number of nitrogens with one attached hydrogen (secondary N) is 2. The monoisotopic (exact) mass is 349 g/mol. The van der Waals surface area contributed by atoms with E-state index < -0.39 is 30.0 Å². The van der Waals surface area contributed by atoms with E-state index >= 15 is 0 Å². The normalized spacial score (nSPS) is 17.8. The standard InChI is InChI=1S/C16H13ClFN3O3/c17-10-3-1-9(2-4-10)14(12-6-5-11(18)7-19-12)21-15(22)13-8-20-16(23)24-13/h1-7,13-14H,8H2,(H,20,23)(H,21,22)/t13?,14-/m1/s1. The number of nitrogens with zero attached hydrogens (tertiary/aromatic N) is 1. The van der Waals surface area contributed by atoms with Crippen LogP contribution < -0.4 is 10.6 Å². The Morgan fingerprint density at radius 3 is 2.67 bits per heavy atom. The first-order valence-corrected chi connectivity index (χ1v) is 7.52. The molecule has 0 radical (unpaired) electrons. The van der Waals surface area contributed by atoms with Gasteiger partial charge >= 0.3 is 6.09 Å². The molecule has 3 rings (SSSR count). The van der Waals surface area contributed by atoms with E-state index in [1.807, 2.05) is 0 Å². The Hall–Kier alpha value is -2.67. The van der Waals surface area contributed by atoms with E-state index in [-0.39, 0.29) is 6.54 Å². The highest BCUT2D eigenvalue weighted by atomic mass is 35.5. The highest BCUT2D eigenvalue weighted by molar-refractivity contribution is 6.30. The number of aromatic nitrogens is 1. The summed E-state index contributed by atoms with van der Waals surface area (Å²) in [6.07, 6.45) is -0.493. The smallest absolute Gasteiger partial charge is 0.408 e. The van der Waals surface area contributed by atoms with Crippen molar-refractivity contribution in [2.45, 2.75) is 12.1 Å². The number of cyclic esters (lactones) is 1. The Balaban J connectivity index is 1.86. The zero-order valence-electron chi connectivity index (χ0n) is 12.3. The van der Waals surface area contributed by atoms with Crippen LogP contribution in [0, 0.1) is 5.82 Å². The lowest BCUT2D eigenvalue weighted by Crippen LogP contribution is -2.39. The first kappa shape index (κ1) is 16.2. The van der Waals surface area contributed by atoms with Gasteiger partial charge in [-0.3, -0.25) is 9.78 Å². The minimum atomic E-state index is -0.923. The van der Waals surface area contributed by atoms with Gasteiger partial charge in [-0.2, -0.15) is 0 Å². The molecule has 24 heavy (non-hydrogen) atoms. The molecule has 0 aliphatic carbocycles. The van der Waals surface area contributed by atoms with Gasteiger partial charge in [0.05, 0.1) is 24.5 Å². The molecular weight excluding hydrogens is 337 g/mol. The van der Waals surface area contributed by atoms with Crippen molar-refractivity contribution in [2.24, 2.45) is 0 Å². The molecule has 1 unspecified atom stereocenters. The van der Waals surface area contributed by atoms with Gasteiger partial charge in [0.25, 0.3) is 5.91 Å². The number of hydrogen-bond donors (Lipinski definition) is 2. The van der Waals surface area contributed by atoms with Gasteiger partial charge in [-0.1, -0.05) is 23.7 Å². The van der Waals surface area contributed by atoms with Crippen LogP contribution in [0.15, 0.2) is 42.6 Å². The third-order valence-electron chi connectivity index (χ3n) is 3.51. The van der Waals surface area contributed by atoms with Crippen LogP contribution in [0.1, 0.15) is 17.3 Å². The molecule has 1 aromatic carbocycles. The van der Waals surface area contributed by atoms with Crippen LogP contribution >= 0.6 is 11.6 Å². The van der Waals surface area contributed by atoms with Crippen LogP contribution in [0.25, 0.3) is 0 Å². The predicted molar refractivity (Wildman–Crippen MR) is 83.9 cm³/mol. The van der Waals surface area contributed by atoms with Gasteiger partial charge in [0.1, 0.15) is 5.82 Å². The number of rotatable bonds is 4. The second kappa shape index (κ2) is 6.84. The number of halogens is 2. The zero-order chi connectivity index (χ0) is 17.1. The first-order valence-electron chi connectivity index (χ1n) is 7.15. The van der Waals surface area contributed by atoms with Gasteiger partial charge in [0.2, 0.25) is 0 Å². The van der Waals surface area contributed by atoms with Crippen LogP contribution in [0.2, 0.25) is 5.02 Å². The van der Waals surface area contributed by atoms with E-state index in [1.165, 1.54) is 12.1 Å². The molecule has 0 spiro atoms. The van der Waals surface area contributed by atoms with Gasteiger partial charge in [-0.25, -0.2) is 9.18 Å². The fraction of sp³-hybridized carbons (Fsp3) is 0.188. The summed E-state index contributed by atoms with van der Waals surface area (Å²) in [5.41, 5.74) is 1.16. The molecule has 2 aromatic rings. The fourth-order valence-corrected chi connectivity index (χ4v) is 2.44. The molecule has 1 saturated heterocycles. The zero-order valence-corrected chi connectivity index (χ0v) is 13.1. The summed E-state index contributed by atoms with van der Waals surface area (Å²) in [6, 6.07) is 8.93. The number of benzene rings is 1. The number of amides is 2. The molecule has 1 aliphatic rings. The molecule has 1 aromatic heterocycles. The molecule has 2 heterocycles. The molecule has 1 fully saturated rings. The molecule has 8 heteroatoms. The van der Waals surface area contributed by atoms with Crippen LogP contribution in [0.5, 0.6) is 0 Å². The maximum absolute atomic E-state index is 13.1. The van der Waals surface area contributed by atoms with Crippen LogP contribution in [0.3, 0.4) is 0 Å². The van der Waals surface area contributed by atoms with E-state index in [0.717, 1.165) is 6.20 Å². The second-order valence-corrected chi connectivity index (χ2v) is 5.61. The van der Waals surface area contributed by atoms with Gasteiger partial charge < -0.3 is 15.4 Å². The number of carbonyl (C=O) groups excluding carboxylic acids is 2. The average molecular weight is 350 g/mol. The lowest BCUT2D eigenvalue weighted by Gasteiger charge is -2.20. The number of ether oxygens (including phenoxy) is 1. The molecule has 2 atom stereocenters. The third kappa shape index (κ3) is 3.62. The highest BCUT2D eigenvalue weighted by Gasteiger charge is 2.31. The molecule has 124 valence electrons. The van der Waals surface area contributed by atoms with Gasteiger partial charge in [-0.05, 0) is 29.8 Å². The Kier molecular flexibility index (Phi) is 4.61. The first-order chi connectivity index (χ1) is 11.5. The Morgan fingerprint density at radius 1 is 1.33 bits per heavy atom. The Morgan fingerprint density at radius 2 is 2.08 bits per heavy atom. The highest BCUT2D eigenvalue weighted by Crippen LogP contribution is 2.23. The molecule has 2 amide bonds. The van der Waals surface area contributed by atoms with Crippen molar-refractivity contribution in [3.63, 3.8) is 0 Å². The molecular formula is C16H13ClFN3O3. The summed E-state index contributed by atoms with van der Waals surface area (Å²) >= 11 is 5.89. The predicted octanol–water partition coefficient (Wildman–Crippen LogP) is 2.19. The molecule has 2 N–H and O–H groups in total. The van der Waals surface area contributed by atoms with E-state index in [4.69, 9.17) is 16.3 Å². The lowest BCUT2D eigenvalue weighted by molar-refractivity contribution is -0.128. The van der Waals surface area contributed by atoms with E-state index in [2.05, 4.69) is 15.6 Å². The maximum atomic E-state index is 13.1. The summed E-state index contributed by atoms with van der Waals surface area (Å²) in [5, 5.41) is 5.73. The van der Waals surface area contributed by atoms with Crippen LogP contribution in [-0.2, 0) is 9.53 Å². The lowest BCUT2D eigenvalue weighted by atomic mass is 10.0. The van der Waals surface area contributed by atoms with Gasteiger partial charge in [0, 0.05) is 5.02 Å². The Bertz CT molecular complexity index is 707. The van der Waals surface area contributed by atoms with Crippen molar-refractivity contribution in [1.29, 1.82) is 0 Å². The topological polar surface area (TPSA) is 80.3 Å². The SMILES string of the molecule is O=C1NCC(C(=O)N[C@H](c2ccc(Cl)cc2)c2ccc(F)cn2)O1. The molecule has 0 bridgehead atoms. The van der Waals surface area contributed by atoms with E-state index in [9.17, 15) is 14.0 Å². The summed E-state index contributed by atoms with van der Waals surface area (Å²) in [6.45, 7) is 0.0921. The maximum Gasteiger partial charge on any atom is 0.408 e. The van der Waals surface area contributed by atoms with Crippen molar-refractivity contribution >= 4 is 23.6 Å². The Labute approximate surface area is 142 Å². The second-order valence-electron chi connectivity index (χ2n) is 5.17. The minimum Gasteiger partial charge on any atom is -0.434 e. The van der Waals surface area contributed by atoms with Crippen molar-refractivity contribution in [3.8, 4) is 0 Å². The molecule has 0 saturated carbocycles. The number of pyridine rings is 1. The van der Waals surface area contributed by atoms with Crippen molar-refractivity contribution in [1.82, 2.24) is 15.6 Å². The van der Waals surface area contributed by atoms with Crippen LogP contribution in [-0.4, -0.2) is 29.6 Å². The largest absolute Gasteiger partial charge is 0.434 e. The molecule has 6 nitrogen and oxygen atoms in total. The quantitative estimate of drug-likeness (QED) is 0.886. The molecule has 1 aliphatic heterocycles. The minimum absolute atomic E-state index is 0.0921. The summed E-state index contributed by atoms with van der Waals surface area (Å²) < 4.78 is 18.0. The van der Waals surface area contributed by atoms with Crippen molar-refractivity contribution in [3.05, 3.63) is 64.7 Å². The van der Waals surface area contributed by atoms with Gasteiger partial charge in [-0.15, -0.1) is 0 Å². The van der Waals surface area contributed by atoms with E-state index in [1.54, 1.807) is 24.3 Å². The summed E-state index contributed by atoms with van der Waals surface area (Å²) in [5.74, 6) is -0.951. The number of hydrogen-bond acceptors (Lipinski definition) is 4. The van der Waals surface area contributed by atoms with E-state index in [0.29, 0.717) is 16.3 Å². The summed E-state index contributed by atoms with van der Waals surface area (Å²) in [7, 11) is 0. The van der Waals surface area contributed by atoms with Crippen molar-refractivity contribution in [2.75, 3.05) is 6.54 Å². The number of carbonyl (C=O) groups is 2. The van der Waals surface area contributed by atoms with Crippen molar-refractivity contribution < 1.29 is 18.7 Å². The fourth-order valence-electron chi connectivity index (χ4n) is 2.31. The number of alkyl carbamates (subject to hydrolysis) is 1.